The molecule has 3 aromatic carbocycles. The topological polar surface area (TPSA) is 51.2 Å². The largest absolute Gasteiger partial charge is 0.493 e. The summed E-state index contributed by atoms with van der Waals surface area (Å²) in [5.41, 5.74) is 5.20. The fourth-order valence-corrected chi connectivity index (χ4v) is 4.26. The van der Waals surface area contributed by atoms with E-state index in [0.717, 1.165) is 28.1 Å². The molecule has 0 atom stereocenters. The standard InChI is InChI=1S/C26H23ClN2O2S/c1-18-16-22(27)13-14-24(18)31-15-5-8-25(30)29-26-28-23(17-32-26)21-11-9-20(10-12-21)19-6-3-2-4-7-19/h2-4,6-7,9-14,16-17H,5,8,15H2,1H3,(H,28,29,30). The smallest absolute Gasteiger partial charge is 0.226 e. The molecule has 1 N–H and O–H groups in total. The van der Waals surface area contributed by atoms with Gasteiger partial charge < -0.3 is 10.1 Å². The predicted molar refractivity (Wildman–Crippen MR) is 133 cm³/mol. The first-order chi connectivity index (χ1) is 15.6. The molecule has 6 heteroatoms. The van der Waals surface area contributed by atoms with E-state index in [0.29, 0.717) is 29.6 Å². The maximum atomic E-state index is 12.3. The van der Waals surface area contributed by atoms with E-state index in [4.69, 9.17) is 16.3 Å². The van der Waals surface area contributed by atoms with Crippen LogP contribution in [0.5, 0.6) is 5.75 Å². The zero-order valence-corrected chi connectivity index (χ0v) is 19.2. The van der Waals surface area contributed by atoms with E-state index >= 15 is 0 Å². The normalized spacial score (nSPS) is 10.7. The zero-order chi connectivity index (χ0) is 22.3. The van der Waals surface area contributed by atoms with Gasteiger partial charge in [0, 0.05) is 22.4 Å². The Hall–Kier alpha value is -3.15. The van der Waals surface area contributed by atoms with Gasteiger partial charge in [-0.3, -0.25) is 4.79 Å². The molecule has 0 fully saturated rings. The van der Waals surface area contributed by atoms with Crippen molar-refractivity contribution < 1.29 is 9.53 Å². The molecule has 1 amide bonds. The molecule has 1 aromatic heterocycles. The molecule has 32 heavy (non-hydrogen) atoms. The molecular weight excluding hydrogens is 440 g/mol. The number of halogens is 1. The maximum absolute atomic E-state index is 12.3. The lowest BCUT2D eigenvalue weighted by molar-refractivity contribution is -0.116. The van der Waals surface area contributed by atoms with Crippen LogP contribution in [0.2, 0.25) is 5.02 Å². The number of carbonyl (C=O) groups is 1. The molecule has 0 unspecified atom stereocenters. The van der Waals surface area contributed by atoms with E-state index in [-0.39, 0.29) is 5.91 Å². The number of thiazole rings is 1. The minimum absolute atomic E-state index is 0.0678. The van der Waals surface area contributed by atoms with E-state index in [2.05, 4.69) is 46.7 Å². The van der Waals surface area contributed by atoms with Gasteiger partial charge in [-0.25, -0.2) is 4.98 Å². The number of aromatic nitrogens is 1. The number of amides is 1. The van der Waals surface area contributed by atoms with E-state index in [1.807, 2.05) is 42.6 Å². The van der Waals surface area contributed by atoms with Crippen molar-refractivity contribution in [3.8, 4) is 28.1 Å². The molecule has 4 aromatic rings. The number of hydrogen-bond donors (Lipinski definition) is 1. The molecule has 162 valence electrons. The van der Waals surface area contributed by atoms with Crippen LogP contribution in [-0.4, -0.2) is 17.5 Å². The third-order valence-corrected chi connectivity index (χ3v) is 5.97. The molecule has 0 saturated heterocycles. The average Bonchev–Trinajstić information content (AvgIpc) is 3.27. The van der Waals surface area contributed by atoms with Crippen LogP contribution < -0.4 is 10.1 Å². The fraction of sp³-hybridized carbons (Fsp3) is 0.154. The number of aryl methyl sites for hydroxylation is 1. The first-order valence-electron chi connectivity index (χ1n) is 10.4. The number of carbonyl (C=O) groups excluding carboxylic acids is 1. The molecule has 0 radical (unpaired) electrons. The lowest BCUT2D eigenvalue weighted by Crippen LogP contribution is -2.12. The molecule has 0 spiro atoms. The second-order valence-corrected chi connectivity index (χ2v) is 8.69. The first-order valence-corrected chi connectivity index (χ1v) is 11.6. The highest BCUT2D eigenvalue weighted by molar-refractivity contribution is 7.14. The van der Waals surface area contributed by atoms with Gasteiger partial charge in [0.05, 0.1) is 12.3 Å². The molecular formula is C26H23ClN2O2S. The van der Waals surface area contributed by atoms with Crippen LogP contribution in [0.25, 0.3) is 22.4 Å². The molecule has 0 aliphatic carbocycles. The number of hydrogen-bond acceptors (Lipinski definition) is 4. The van der Waals surface area contributed by atoms with E-state index < -0.39 is 0 Å². The fourth-order valence-electron chi connectivity index (χ4n) is 3.30. The minimum atomic E-state index is -0.0678. The SMILES string of the molecule is Cc1cc(Cl)ccc1OCCCC(=O)Nc1nc(-c2ccc(-c3ccccc3)cc2)cs1. The van der Waals surface area contributed by atoms with Gasteiger partial charge in [0.15, 0.2) is 5.13 Å². The van der Waals surface area contributed by atoms with Gasteiger partial charge in [-0.15, -0.1) is 11.3 Å². The highest BCUT2D eigenvalue weighted by atomic mass is 35.5. The van der Waals surface area contributed by atoms with Crippen molar-refractivity contribution in [1.82, 2.24) is 4.98 Å². The third-order valence-electron chi connectivity index (χ3n) is 4.98. The number of nitrogens with one attached hydrogen (secondary N) is 1. The van der Waals surface area contributed by atoms with Crippen molar-refractivity contribution in [2.45, 2.75) is 19.8 Å². The zero-order valence-electron chi connectivity index (χ0n) is 17.7. The maximum Gasteiger partial charge on any atom is 0.226 e. The molecule has 4 nitrogen and oxygen atoms in total. The summed E-state index contributed by atoms with van der Waals surface area (Å²) in [5, 5.41) is 6.13. The summed E-state index contributed by atoms with van der Waals surface area (Å²) in [6, 6.07) is 24.0. The van der Waals surface area contributed by atoms with Crippen LogP contribution in [0, 0.1) is 6.92 Å². The highest BCUT2D eigenvalue weighted by Crippen LogP contribution is 2.28. The lowest BCUT2D eigenvalue weighted by Gasteiger charge is -2.09. The van der Waals surface area contributed by atoms with Crippen LogP contribution in [0.1, 0.15) is 18.4 Å². The van der Waals surface area contributed by atoms with Crippen LogP contribution in [0.3, 0.4) is 0 Å². The second kappa shape index (κ2) is 10.4. The molecule has 4 rings (SSSR count). The van der Waals surface area contributed by atoms with Gasteiger partial charge in [-0.05, 0) is 48.2 Å². The van der Waals surface area contributed by atoms with Gasteiger partial charge in [0.2, 0.25) is 5.91 Å². The summed E-state index contributed by atoms with van der Waals surface area (Å²) in [4.78, 5) is 16.8. The molecule has 0 bridgehead atoms. The Balaban J connectivity index is 1.27. The number of ether oxygens (including phenoxy) is 1. The molecule has 0 aliphatic heterocycles. The second-order valence-electron chi connectivity index (χ2n) is 7.39. The summed E-state index contributed by atoms with van der Waals surface area (Å²) < 4.78 is 5.74. The Labute approximate surface area is 196 Å². The Bertz CT molecular complexity index is 1190. The number of nitrogens with zero attached hydrogens (tertiary/aromatic N) is 1. The minimum Gasteiger partial charge on any atom is -0.493 e. The lowest BCUT2D eigenvalue weighted by atomic mass is 10.0. The molecule has 0 saturated carbocycles. The van der Waals surface area contributed by atoms with Crippen molar-refractivity contribution in [2.24, 2.45) is 0 Å². The first kappa shape index (κ1) is 22.1. The van der Waals surface area contributed by atoms with Crippen molar-refractivity contribution in [3.63, 3.8) is 0 Å². The van der Waals surface area contributed by atoms with E-state index in [1.54, 1.807) is 6.07 Å². The van der Waals surface area contributed by atoms with Crippen LogP contribution >= 0.6 is 22.9 Å². The van der Waals surface area contributed by atoms with Crippen LogP contribution in [-0.2, 0) is 4.79 Å². The third kappa shape index (κ3) is 5.75. The number of rotatable bonds is 8. The quantitative estimate of drug-likeness (QED) is 0.281. The van der Waals surface area contributed by atoms with E-state index in [9.17, 15) is 4.79 Å². The van der Waals surface area contributed by atoms with Gasteiger partial charge in [0.25, 0.3) is 0 Å². The summed E-state index contributed by atoms with van der Waals surface area (Å²) >= 11 is 7.38. The van der Waals surface area contributed by atoms with Crippen molar-refractivity contribution in [2.75, 3.05) is 11.9 Å². The summed E-state index contributed by atoms with van der Waals surface area (Å²) in [5.74, 6) is 0.722. The van der Waals surface area contributed by atoms with Crippen molar-refractivity contribution in [3.05, 3.63) is 88.8 Å². The Morgan fingerprint density at radius 2 is 1.72 bits per heavy atom. The monoisotopic (exact) mass is 462 g/mol. The Kier molecular flexibility index (Phi) is 7.20. The van der Waals surface area contributed by atoms with Crippen LogP contribution in [0.4, 0.5) is 5.13 Å². The molecule has 1 heterocycles. The van der Waals surface area contributed by atoms with Crippen molar-refractivity contribution >= 4 is 34.0 Å². The predicted octanol–water partition coefficient (Wildman–Crippen LogP) is 7.24. The van der Waals surface area contributed by atoms with E-state index in [1.165, 1.54) is 16.9 Å². The Morgan fingerprint density at radius 1 is 1.00 bits per heavy atom. The average molecular weight is 463 g/mol. The number of benzene rings is 3. The van der Waals surface area contributed by atoms with Gasteiger partial charge >= 0.3 is 0 Å². The van der Waals surface area contributed by atoms with Gasteiger partial charge in [0.1, 0.15) is 5.75 Å². The summed E-state index contributed by atoms with van der Waals surface area (Å²) in [7, 11) is 0. The van der Waals surface area contributed by atoms with Crippen molar-refractivity contribution in [1.29, 1.82) is 0 Å². The van der Waals surface area contributed by atoms with Gasteiger partial charge in [-0.2, -0.15) is 0 Å². The summed E-state index contributed by atoms with van der Waals surface area (Å²) in [6.07, 6.45) is 0.987. The number of anilines is 1. The van der Waals surface area contributed by atoms with Crippen LogP contribution in [0.15, 0.2) is 78.2 Å². The molecule has 0 aliphatic rings. The van der Waals surface area contributed by atoms with Gasteiger partial charge in [-0.1, -0.05) is 66.2 Å². The Morgan fingerprint density at radius 3 is 2.47 bits per heavy atom. The highest BCUT2D eigenvalue weighted by Gasteiger charge is 2.09. The summed E-state index contributed by atoms with van der Waals surface area (Å²) in [6.45, 7) is 2.41.